The average Bonchev–Trinajstić information content (AvgIpc) is 2.62. The largest absolute Gasteiger partial charge is 0.485 e. The predicted octanol–water partition coefficient (Wildman–Crippen LogP) is 3.84. The number of ether oxygens (including phenoxy) is 1. The fourth-order valence-electron chi connectivity index (χ4n) is 3.03. The molecule has 1 atom stereocenters. The van der Waals surface area contributed by atoms with Gasteiger partial charge in [-0.25, -0.2) is 4.39 Å². The molecule has 132 valence electrons. The second-order valence-electron chi connectivity index (χ2n) is 6.06. The Morgan fingerprint density at radius 2 is 2.12 bits per heavy atom. The summed E-state index contributed by atoms with van der Waals surface area (Å²) in [6.45, 7) is 3.95. The molecule has 2 aromatic rings. The van der Waals surface area contributed by atoms with E-state index in [1.54, 1.807) is 7.05 Å². The first-order valence-electron chi connectivity index (χ1n) is 8.20. The van der Waals surface area contributed by atoms with Crippen LogP contribution in [-0.2, 0) is 0 Å². The summed E-state index contributed by atoms with van der Waals surface area (Å²) in [4.78, 5) is 16.2. The Bertz CT molecular complexity index is 784. The lowest BCUT2D eigenvalue weighted by Gasteiger charge is -2.37. The lowest BCUT2D eigenvalue weighted by Crippen LogP contribution is -2.46. The van der Waals surface area contributed by atoms with Crippen molar-refractivity contribution < 1.29 is 13.9 Å². The van der Waals surface area contributed by atoms with Gasteiger partial charge in [0.15, 0.2) is 0 Å². The van der Waals surface area contributed by atoms with E-state index in [0.29, 0.717) is 18.1 Å². The van der Waals surface area contributed by atoms with Crippen molar-refractivity contribution in [3.8, 4) is 5.75 Å². The molecule has 0 N–H and O–H groups in total. The van der Waals surface area contributed by atoms with Crippen molar-refractivity contribution in [2.75, 3.05) is 31.6 Å². The zero-order valence-electron chi connectivity index (χ0n) is 14.2. The lowest BCUT2D eigenvalue weighted by atomic mass is 10.1. The van der Waals surface area contributed by atoms with Crippen LogP contribution in [0.3, 0.4) is 0 Å². The summed E-state index contributed by atoms with van der Waals surface area (Å²) in [7, 11) is 1.64. The molecule has 1 amide bonds. The summed E-state index contributed by atoms with van der Waals surface area (Å²) in [5, 5.41) is 0.332. The molecule has 0 radical (unpaired) electrons. The number of hydrogen-bond donors (Lipinski definition) is 0. The van der Waals surface area contributed by atoms with Gasteiger partial charge < -0.3 is 14.5 Å². The predicted molar refractivity (Wildman–Crippen MR) is 97.1 cm³/mol. The van der Waals surface area contributed by atoms with Gasteiger partial charge in [-0.3, -0.25) is 4.79 Å². The van der Waals surface area contributed by atoms with Crippen LogP contribution in [0.25, 0.3) is 0 Å². The van der Waals surface area contributed by atoms with Crippen molar-refractivity contribution >= 4 is 23.2 Å². The number of benzene rings is 2. The van der Waals surface area contributed by atoms with Crippen LogP contribution in [0.4, 0.5) is 10.1 Å². The number of nitrogens with zero attached hydrogens (tertiary/aromatic N) is 2. The number of anilines is 1. The van der Waals surface area contributed by atoms with Crippen LogP contribution < -0.4 is 9.64 Å². The van der Waals surface area contributed by atoms with Crippen LogP contribution in [0.15, 0.2) is 42.5 Å². The van der Waals surface area contributed by atoms with E-state index in [2.05, 4.69) is 11.8 Å². The van der Waals surface area contributed by atoms with E-state index in [1.165, 1.54) is 23.1 Å². The molecule has 2 aromatic carbocycles. The Kier molecular flexibility index (Phi) is 5.13. The number of carbonyl (C=O) groups excluding carboxylic acids is 1. The molecule has 0 aliphatic carbocycles. The minimum absolute atomic E-state index is 0.0291. The molecule has 0 unspecified atom stereocenters. The minimum atomic E-state index is -0.577. The maximum Gasteiger partial charge on any atom is 0.256 e. The first kappa shape index (κ1) is 17.5. The lowest BCUT2D eigenvalue weighted by molar-refractivity contribution is 0.0705. The fourth-order valence-corrected chi connectivity index (χ4v) is 3.20. The highest BCUT2D eigenvalue weighted by atomic mass is 35.5. The highest BCUT2D eigenvalue weighted by molar-refractivity contribution is 6.31. The molecule has 1 aliphatic rings. The molecule has 3 rings (SSSR count). The summed E-state index contributed by atoms with van der Waals surface area (Å²) in [6, 6.07) is 11.8. The second kappa shape index (κ2) is 7.31. The highest BCUT2D eigenvalue weighted by Crippen LogP contribution is 2.33. The van der Waals surface area contributed by atoms with E-state index in [1.807, 2.05) is 24.3 Å². The number of likely N-dealkylation sites (N-methyl/N-ethyl adjacent to an activating group) is 2. The van der Waals surface area contributed by atoms with Gasteiger partial charge in [0.2, 0.25) is 0 Å². The molecule has 0 spiro atoms. The molecule has 1 heterocycles. The Labute approximate surface area is 151 Å². The Hall–Kier alpha value is -2.27. The maximum atomic E-state index is 13.9. The zero-order valence-corrected chi connectivity index (χ0v) is 15.0. The number of amides is 1. The molecule has 0 bridgehead atoms. The summed E-state index contributed by atoms with van der Waals surface area (Å²) in [6.07, 6.45) is -0.189. The van der Waals surface area contributed by atoms with Crippen LogP contribution in [-0.4, -0.2) is 43.6 Å². The number of halogens is 2. The van der Waals surface area contributed by atoms with Crippen molar-refractivity contribution in [1.82, 2.24) is 4.90 Å². The van der Waals surface area contributed by atoms with Crippen molar-refractivity contribution in [2.24, 2.45) is 0 Å². The van der Waals surface area contributed by atoms with E-state index < -0.39 is 11.7 Å². The first-order valence-corrected chi connectivity index (χ1v) is 8.58. The molecule has 4 nitrogen and oxygen atoms in total. The van der Waals surface area contributed by atoms with Gasteiger partial charge in [0.1, 0.15) is 17.7 Å². The molecule has 1 aliphatic heterocycles. The number of hydrogen-bond acceptors (Lipinski definition) is 3. The Balaban J connectivity index is 1.74. The monoisotopic (exact) mass is 362 g/mol. The molecular weight excluding hydrogens is 343 g/mol. The number of para-hydroxylation sites is 2. The molecule has 25 heavy (non-hydrogen) atoms. The third-order valence-corrected chi connectivity index (χ3v) is 4.52. The van der Waals surface area contributed by atoms with Crippen LogP contribution in [0.1, 0.15) is 17.3 Å². The molecule has 0 saturated heterocycles. The summed E-state index contributed by atoms with van der Waals surface area (Å²) >= 11 is 5.88. The summed E-state index contributed by atoms with van der Waals surface area (Å²) in [5.41, 5.74) is 1.02. The van der Waals surface area contributed by atoms with E-state index in [0.717, 1.165) is 18.0 Å². The molecule has 0 aromatic heterocycles. The van der Waals surface area contributed by atoms with Crippen LogP contribution in [0.5, 0.6) is 5.75 Å². The van der Waals surface area contributed by atoms with E-state index in [-0.39, 0.29) is 11.7 Å². The van der Waals surface area contributed by atoms with Crippen LogP contribution in [0.2, 0.25) is 5.02 Å². The number of fused-ring (bicyclic) bond motifs is 1. The highest BCUT2D eigenvalue weighted by Gasteiger charge is 2.27. The summed E-state index contributed by atoms with van der Waals surface area (Å²) in [5.74, 6) is -0.188. The smallest absolute Gasteiger partial charge is 0.256 e. The molecular formula is C19H20ClFN2O2. The van der Waals surface area contributed by atoms with Crippen LogP contribution >= 0.6 is 11.6 Å². The maximum absolute atomic E-state index is 13.9. The Morgan fingerprint density at radius 1 is 1.36 bits per heavy atom. The van der Waals surface area contributed by atoms with E-state index >= 15 is 0 Å². The third kappa shape index (κ3) is 3.71. The standard InChI is InChI=1S/C19H20ClFN2O2/c1-3-23-12-14(25-18-7-5-4-6-17(18)23)11-22(2)19(24)15-10-13(20)8-9-16(15)21/h4-10,14H,3,11-12H2,1-2H3/t14-/m0/s1. The van der Waals surface area contributed by atoms with Crippen molar-refractivity contribution in [3.63, 3.8) is 0 Å². The van der Waals surface area contributed by atoms with E-state index in [4.69, 9.17) is 16.3 Å². The van der Waals surface area contributed by atoms with Gasteiger partial charge in [-0.05, 0) is 37.3 Å². The van der Waals surface area contributed by atoms with Gasteiger partial charge in [-0.2, -0.15) is 0 Å². The number of carbonyl (C=O) groups is 1. The third-order valence-electron chi connectivity index (χ3n) is 4.29. The normalized spacial score (nSPS) is 16.2. The quantitative estimate of drug-likeness (QED) is 0.828. The van der Waals surface area contributed by atoms with Gasteiger partial charge in [0, 0.05) is 18.6 Å². The fraction of sp³-hybridized carbons (Fsp3) is 0.316. The zero-order chi connectivity index (χ0) is 18.0. The first-order chi connectivity index (χ1) is 12.0. The van der Waals surface area contributed by atoms with E-state index in [9.17, 15) is 9.18 Å². The number of rotatable bonds is 4. The SMILES string of the molecule is CCN1C[C@H](CN(C)C(=O)c2cc(Cl)ccc2F)Oc2ccccc21. The van der Waals surface area contributed by atoms with Crippen molar-refractivity contribution in [2.45, 2.75) is 13.0 Å². The van der Waals surface area contributed by atoms with Gasteiger partial charge in [0.05, 0.1) is 24.3 Å². The van der Waals surface area contributed by atoms with Gasteiger partial charge in [0.25, 0.3) is 5.91 Å². The van der Waals surface area contributed by atoms with Crippen molar-refractivity contribution in [1.29, 1.82) is 0 Å². The molecule has 6 heteroatoms. The molecule has 0 saturated carbocycles. The minimum Gasteiger partial charge on any atom is -0.485 e. The van der Waals surface area contributed by atoms with Gasteiger partial charge in [-0.15, -0.1) is 0 Å². The Morgan fingerprint density at radius 3 is 2.88 bits per heavy atom. The topological polar surface area (TPSA) is 32.8 Å². The van der Waals surface area contributed by atoms with Crippen LogP contribution in [0, 0.1) is 5.82 Å². The second-order valence-corrected chi connectivity index (χ2v) is 6.49. The average molecular weight is 363 g/mol. The molecule has 0 fully saturated rings. The van der Waals surface area contributed by atoms with Gasteiger partial charge in [-0.1, -0.05) is 23.7 Å². The van der Waals surface area contributed by atoms with Crippen molar-refractivity contribution in [3.05, 3.63) is 58.9 Å². The van der Waals surface area contributed by atoms with Gasteiger partial charge >= 0.3 is 0 Å². The summed E-state index contributed by atoms with van der Waals surface area (Å²) < 4.78 is 19.9.